The van der Waals surface area contributed by atoms with Crippen molar-refractivity contribution >= 4 is 0 Å². The molecule has 0 spiro atoms. The van der Waals surface area contributed by atoms with Crippen LogP contribution in [0.4, 0.5) is 0 Å². The molecule has 0 heterocycles. The Morgan fingerprint density at radius 3 is 1.82 bits per heavy atom. The molecule has 0 bridgehead atoms. The maximum atomic E-state index is 8.20. The fourth-order valence-electron chi connectivity index (χ4n) is 0.453. The van der Waals surface area contributed by atoms with E-state index in [0.717, 1.165) is 12.8 Å². The van der Waals surface area contributed by atoms with E-state index in [9.17, 15) is 0 Å². The molecule has 3 heteroatoms. The summed E-state index contributed by atoms with van der Waals surface area (Å²) >= 11 is 0. The van der Waals surface area contributed by atoms with Crippen molar-refractivity contribution < 1.29 is 14.9 Å². The van der Waals surface area contributed by atoms with Gasteiger partial charge in [-0.05, 0) is 6.42 Å². The number of unbranched alkanes of at least 4 members (excludes halogenated alkanes) is 2. The van der Waals surface area contributed by atoms with E-state index >= 15 is 0 Å². The first-order valence-corrected chi connectivity index (χ1v) is 4.04. The van der Waals surface area contributed by atoms with E-state index in [-0.39, 0.29) is 6.61 Å². The molecule has 0 aromatic rings. The third-order valence-electron chi connectivity index (χ3n) is 1.06. The van der Waals surface area contributed by atoms with Crippen LogP contribution in [0.1, 0.15) is 26.2 Å². The lowest BCUT2D eigenvalue weighted by Gasteiger charge is -1.85. The van der Waals surface area contributed by atoms with Crippen molar-refractivity contribution in [3.63, 3.8) is 0 Å². The van der Waals surface area contributed by atoms with Crippen molar-refractivity contribution in [3.05, 3.63) is 0 Å². The van der Waals surface area contributed by atoms with Gasteiger partial charge in [0.25, 0.3) is 0 Å². The van der Waals surface area contributed by atoms with Crippen LogP contribution in [0.5, 0.6) is 0 Å². The summed E-state index contributed by atoms with van der Waals surface area (Å²) in [5.41, 5.74) is 0. The molecule has 0 aliphatic rings. The molecule has 0 atom stereocenters. The summed E-state index contributed by atoms with van der Waals surface area (Å²) in [4.78, 5) is 0. The lowest BCUT2D eigenvalue weighted by molar-refractivity contribution is 0.135. The normalized spacial score (nSPS) is 8.73. The standard InChI is InChI=1S/C5H12O.C3H8O2/c1-2-3-4-5-6;1-5-3-2-4/h6H,2-5H2,1H3;4H,2-3H2,1H3. The number of hydrogen-bond donors (Lipinski definition) is 2. The van der Waals surface area contributed by atoms with Crippen LogP contribution in [0.2, 0.25) is 0 Å². The highest BCUT2D eigenvalue weighted by Gasteiger charge is 1.76. The Hall–Kier alpha value is -0.120. The summed E-state index contributed by atoms with van der Waals surface area (Å²) in [6.45, 7) is 3.04. The van der Waals surface area contributed by atoms with Crippen LogP contribution in [-0.4, -0.2) is 37.1 Å². The summed E-state index contributed by atoms with van der Waals surface area (Å²) in [7, 11) is 1.55. The molecule has 70 valence electrons. The van der Waals surface area contributed by atoms with Crippen molar-refractivity contribution in [2.45, 2.75) is 26.2 Å². The van der Waals surface area contributed by atoms with Gasteiger partial charge in [0.05, 0.1) is 13.2 Å². The number of methoxy groups -OCH3 is 1. The summed E-state index contributed by atoms with van der Waals surface area (Å²) in [5.74, 6) is 0. The summed E-state index contributed by atoms with van der Waals surface area (Å²) < 4.78 is 4.44. The van der Waals surface area contributed by atoms with Crippen molar-refractivity contribution in [3.8, 4) is 0 Å². The first-order valence-electron chi connectivity index (χ1n) is 4.04. The van der Waals surface area contributed by atoms with Gasteiger partial charge in [-0.1, -0.05) is 19.8 Å². The van der Waals surface area contributed by atoms with Crippen molar-refractivity contribution in [2.24, 2.45) is 0 Å². The second-order valence-corrected chi connectivity index (χ2v) is 2.15. The average Bonchev–Trinajstić information content (AvgIpc) is 2.04. The number of hydrogen-bond acceptors (Lipinski definition) is 3. The zero-order valence-electron chi connectivity index (χ0n) is 7.55. The minimum atomic E-state index is 0.122. The highest BCUT2D eigenvalue weighted by atomic mass is 16.5. The first-order chi connectivity index (χ1) is 5.33. The smallest absolute Gasteiger partial charge is 0.0693 e. The highest BCUT2D eigenvalue weighted by Crippen LogP contribution is 1.89. The molecule has 0 fully saturated rings. The molecule has 2 N–H and O–H groups in total. The van der Waals surface area contributed by atoms with Gasteiger partial charge < -0.3 is 14.9 Å². The molecule has 0 aromatic carbocycles. The number of aliphatic hydroxyl groups excluding tert-OH is 2. The third kappa shape index (κ3) is 25.8. The molecule has 0 aliphatic carbocycles. The third-order valence-corrected chi connectivity index (χ3v) is 1.06. The Labute approximate surface area is 69.0 Å². The van der Waals surface area contributed by atoms with Crippen molar-refractivity contribution in [1.29, 1.82) is 0 Å². The zero-order valence-corrected chi connectivity index (χ0v) is 7.55. The molecule has 0 radical (unpaired) electrons. The molecule has 0 saturated carbocycles. The largest absolute Gasteiger partial charge is 0.396 e. The van der Waals surface area contributed by atoms with E-state index in [2.05, 4.69) is 11.7 Å². The lowest BCUT2D eigenvalue weighted by atomic mass is 10.3. The Morgan fingerprint density at radius 1 is 1.09 bits per heavy atom. The van der Waals surface area contributed by atoms with E-state index in [1.165, 1.54) is 6.42 Å². The highest BCUT2D eigenvalue weighted by molar-refractivity contribution is 4.30. The molecule has 3 nitrogen and oxygen atoms in total. The Balaban J connectivity index is 0. The van der Waals surface area contributed by atoms with Crippen LogP contribution >= 0.6 is 0 Å². The second kappa shape index (κ2) is 16.5. The van der Waals surface area contributed by atoms with Crippen LogP contribution in [0, 0.1) is 0 Å². The quantitative estimate of drug-likeness (QED) is 0.591. The lowest BCUT2D eigenvalue weighted by Crippen LogP contribution is -1.91. The van der Waals surface area contributed by atoms with Crippen LogP contribution in [0.3, 0.4) is 0 Å². The van der Waals surface area contributed by atoms with Gasteiger partial charge in [0.1, 0.15) is 0 Å². The van der Waals surface area contributed by atoms with Gasteiger partial charge in [-0.3, -0.25) is 0 Å². The van der Waals surface area contributed by atoms with E-state index in [1.54, 1.807) is 7.11 Å². The average molecular weight is 164 g/mol. The maximum Gasteiger partial charge on any atom is 0.0693 e. The van der Waals surface area contributed by atoms with Crippen molar-refractivity contribution in [1.82, 2.24) is 0 Å². The minimum Gasteiger partial charge on any atom is -0.396 e. The van der Waals surface area contributed by atoms with Crippen LogP contribution in [0.15, 0.2) is 0 Å². The number of ether oxygens (including phenoxy) is 1. The van der Waals surface area contributed by atoms with Crippen LogP contribution in [0.25, 0.3) is 0 Å². The van der Waals surface area contributed by atoms with Crippen LogP contribution < -0.4 is 0 Å². The van der Waals surface area contributed by atoms with Gasteiger partial charge in [0.2, 0.25) is 0 Å². The van der Waals surface area contributed by atoms with E-state index in [0.29, 0.717) is 13.2 Å². The SMILES string of the molecule is CCCCCO.COCCO. The van der Waals surface area contributed by atoms with Gasteiger partial charge >= 0.3 is 0 Å². The molecule has 0 rings (SSSR count). The summed E-state index contributed by atoms with van der Waals surface area (Å²) in [5, 5.41) is 16.1. The molecule has 0 amide bonds. The predicted octanol–water partition coefficient (Wildman–Crippen LogP) is 0.794. The molecular formula is C8H20O3. The molecule has 0 aliphatic heterocycles. The minimum absolute atomic E-state index is 0.122. The van der Waals surface area contributed by atoms with E-state index < -0.39 is 0 Å². The molecular weight excluding hydrogens is 144 g/mol. The van der Waals surface area contributed by atoms with E-state index in [4.69, 9.17) is 10.2 Å². The zero-order chi connectivity index (χ0) is 8.95. The summed E-state index contributed by atoms with van der Waals surface area (Å²) in [6.07, 6.45) is 3.33. The molecule has 0 aromatic heterocycles. The Morgan fingerprint density at radius 2 is 1.73 bits per heavy atom. The number of aliphatic hydroxyl groups is 2. The topological polar surface area (TPSA) is 49.7 Å². The van der Waals surface area contributed by atoms with Gasteiger partial charge in [0, 0.05) is 13.7 Å². The molecule has 0 unspecified atom stereocenters. The summed E-state index contributed by atoms with van der Waals surface area (Å²) in [6, 6.07) is 0. The second-order valence-electron chi connectivity index (χ2n) is 2.15. The Kier molecular flexibility index (Phi) is 20.2. The van der Waals surface area contributed by atoms with Gasteiger partial charge in [-0.2, -0.15) is 0 Å². The van der Waals surface area contributed by atoms with Gasteiger partial charge in [-0.25, -0.2) is 0 Å². The fraction of sp³-hybridized carbons (Fsp3) is 1.00. The Bertz CT molecular complexity index is 42.6. The monoisotopic (exact) mass is 164 g/mol. The van der Waals surface area contributed by atoms with Gasteiger partial charge in [-0.15, -0.1) is 0 Å². The fourth-order valence-corrected chi connectivity index (χ4v) is 0.453. The first kappa shape index (κ1) is 13.5. The van der Waals surface area contributed by atoms with Crippen LogP contribution in [-0.2, 0) is 4.74 Å². The molecule has 0 saturated heterocycles. The maximum absolute atomic E-state index is 8.20. The molecule has 11 heavy (non-hydrogen) atoms. The van der Waals surface area contributed by atoms with Crippen molar-refractivity contribution in [2.75, 3.05) is 26.9 Å². The number of rotatable bonds is 5. The van der Waals surface area contributed by atoms with E-state index in [1.807, 2.05) is 0 Å². The van der Waals surface area contributed by atoms with Gasteiger partial charge in [0.15, 0.2) is 0 Å². The predicted molar refractivity (Wildman–Crippen MR) is 45.6 cm³/mol.